The van der Waals surface area contributed by atoms with Crippen molar-refractivity contribution in [3.63, 3.8) is 0 Å². The van der Waals surface area contributed by atoms with Crippen LogP contribution in [0.2, 0.25) is 25.1 Å². The van der Waals surface area contributed by atoms with Gasteiger partial charge >= 0.3 is 6.01 Å². The summed E-state index contributed by atoms with van der Waals surface area (Å²) in [6.07, 6.45) is 1.69. The molecule has 0 N–H and O–H groups in total. The summed E-state index contributed by atoms with van der Waals surface area (Å²) in [4.78, 5) is 9.00. The topological polar surface area (TPSA) is 35.0 Å². The van der Waals surface area contributed by atoms with Crippen molar-refractivity contribution >= 4 is 58.0 Å². The van der Waals surface area contributed by atoms with Gasteiger partial charge in [0.25, 0.3) is 0 Å². The van der Waals surface area contributed by atoms with Crippen molar-refractivity contribution in [3.05, 3.63) is 97.5 Å². The first-order valence-electron chi connectivity index (χ1n) is 9.06. The summed E-state index contributed by atoms with van der Waals surface area (Å²) in [5.41, 5.74) is 3.74. The third kappa shape index (κ3) is 5.25. The Morgan fingerprint density at radius 2 is 1.32 bits per heavy atom. The van der Waals surface area contributed by atoms with Crippen molar-refractivity contribution in [1.29, 1.82) is 0 Å². The Bertz CT molecular complexity index is 1250. The Balaban J connectivity index is 1.74. The first-order valence-corrected chi connectivity index (χ1v) is 10.9. The quantitative estimate of drug-likeness (QED) is 0.269. The molecular formula is C23H13Cl5N2O. The number of aromatic nitrogens is 2. The van der Waals surface area contributed by atoms with Crippen molar-refractivity contribution in [1.82, 2.24) is 9.97 Å². The Hall–Kier alpha value is -2.01. The van der Waals surface area contributed by atoms with Crippen molar-refractivity contribution in [2.24, 2.45) is 0 Å². The van der Waals surface area contributed by atoms with E-state index >= 15 is 0 Å². The lowest BCUT2D eigenvalue weighted by molar-refractivity contribution is 0.281. The monoisotopic (exact) mass is 508 g/mol. The molecule has 0 unspecified atom stereocenters. The lowest BCUT2D eigenvalue weighted by Crippen LogP contribution is -2.02. The third-order valence-electron chi connectivity index (χ3n) is 4.48. The highest BCUT2D eigenvalue weighted by atomic mass is 35.5. The van der Waals surface area contributed by atoms with E-state index in [4.69, 9.17) is 62.7 Å². The summed E-state index contributed by atoms with van der Waals surface area (Å²) in [5, 5.41) is 2.69. The molecule has 1 aromatic heterocycles. The van der Waals surface area contributed by atoms with Gasteiger partial charge in [-0.15, -0.1) is 0 Å². The molecule has 0 atom stereocenters. The van der Waals surface area contributed by atoms with Crippen LogP contribution in [0.5, 0.6) is 6.01 Å². The normalized spacial score (nSPS) is 10.9. The van der Waals surface area contributed by atoms with E-state index in [1.807, 2.05) is 18.2 Å². The second kappa shape index (κ2) is 9.64. The maximum absolute atomic E-state index is 6.47. The van der Waals surface area contributed by atoms with Gasteiger partial charge in [-0.3, -0.25) is 0 Å². The van der Waals surface area contributed by atoms with Crippen LogP contribution in [0.15, 0.2) is 66.9 Å². The number of hydrogen-bond donors (Lipinski definition) is 0. The van der Waals surface area contributed by atoms with E-state index in [1.165, 1.54) is 0 Å². The SMILES string of the molecule is Clc1ccc(-c2cnc(OCc3ccc(Cl)cc3Cl)nc2-c2ccc(Cl)cc2Cl)cc1. The van der Waals surface area contributed by atoms with Gasteiger partial charge in [0, 0.05) is 43.0 Å². The minimum atomic E-state index is 0.185. The third-order valence-corrected chi connectivity index (χ3v) is 5.87. The molecule has 3 aromatic carbocycles. The van der Waals surface area contributed by atoms with Crippen molar-refractivity contribution in [2.75, 3.05) is 0 Å². The van der Waals surface area contributed by atoms with Gasteiger partial charge in [0.1, 0.15) is 6.61 Å². The van der Waals surface area contributed by atoms with Crippen LogP contribution in [0.25, 0.3) is 22.4 Å². The second-order valence-electron chi connectivity index (χ2n) is 6.57. The number of benzene rings is 3. The molecule has 0 bridgehead atoms. The molecule has 0 fully saturated rings. The molecular weight excluding hydrogens is 498 g/mol. The molecule has 3 nitrogen and oxygen atoms in total. The average Bonchev–Trinajstić information content (AvgIpc) is 2.74. The van der Waals surface area contributed by atoms with E-state index < -0.39 is 0 Å². The Morgan fingerprint density at radius 1 is 0.677 bits per heavy atom. The molecule has 4 aromatic rings. The minimum absolute atomic E-state index is 0.185. The summed E-state index contributed by atoms with van der Waals surface area (Å²) >= 11 is 30.8. The minimum Gasteiger partial charge on any atom is -0.459 e. The molecule has 0 saturated carbocycles. The highest BCUT2D eigenvalue weighted by Gasteiger charge is 2.16. The van der Waals surface area contributed by atoms with E-state index in [0.29, 0.717) is 36.4 Å². The summed E-state index contributed by atoms with van der Waals surface area (Å²) in [6.45, 7) is 0.185. The van der Waals surface area contributed by atoms with E-state index in [-0.39, 0.29) is 12.6 Å². The molecule has 8 heteroatoms. The van der Waals surface area contributed by atoms with Gasteiger partial charge < -0.3 is 4.74 Å². The molecule has 0 aliphatic rings. The molecule has 0 aliphatic carbocycles. The van der Waals surface area contributed by atoms with Crippen LogP contribution < -0.4 is 4.74 Å². The van der Waals surface area contributed by atoms with Gasteiger partial charge in [0.05, 0.1) is 10.7 Å². The Morgan fingerprint density at radius 3 is 2.00 bits per heavy atom. The fraction of sp³-hybridized carbons (Fsp3) is 0.0435. The zero-order chi connectivity index (χ0) is 22.0. The highest BCUT2D eigenvalue weighted by Crippen LogP contribution is 2.37. The number of ether oxygens (including phenoxy) is 1. The average molecular weight is 511 g/mol. The standard InChI is InChI=1S/C23H13Cl5N2O/c24-15-4-1-13(2-5-15)19-11-29-23(31-12-14-3-6-16(25)9-20(14)27)30-22(19)18-8-7-17(26)10-21(18)28/h1-11H,12H2. The molecule has 0 aliphatic heterocycles. The molecule has 31 heavy (non-hydrogen) atoms. The van der Waals surface area contributed by atoms with E-state index in [2.05, 4.69) is 9.97 Å². The maximum Gasteiger partial charge on any atom is 0.317 e. The summed E-state index contributed by atoms with van der Waals surface area (Å²) in [7, 11) is 0. The summed E-state index contributed by atoms with van der Waals surface area (Å²) in [6, 6.07) is 18.0. The van der Waals surface area contributed by atoms with Gasteiger partial charge in [-0.2, -0.15) is 4.98 Å². The zero-order valence-electron chi connectivity index (χ0n) is 15.8. The molecule has 0 saturated heterocycles. The van der Waals surface area contributed by atoms with Crippen LogP contribution in [0.1, 0.15) is 5.56 Å². The van der Waals surface area contributed by atoms with Gasteiger partial charge in [-0.25, -0.2) is 4.98 Å². The lowest BCUT2D eigenvalue weighted by Gasteiger charge is -2.13. The molecule has 0 radical (unpaired) electrons. The van der Waals surface area contributed by atoms with Crippen molar-refractivity contribution in [3.8, 4) is 28.4 Å². The Kier molecular flexibility index (Phi) is 6.90. The smallest absolute Gasteiger partial charge is 0.317 e. The Labute approximate surface area is 204 Å². The number of halogens is 5. The number of hydrogen-bond acceptors (Lipinski definition) is 3. The molecule has 1 heterocycles. The first kappa shape index (κ1) is 22.2. The number of nitrogens with zero attached hydrogens (tertiary/aromatic N) is 2. The van der Waals surface area contributed by atoms with Gasteiger partial charge in [0.15, 0.2) is 0 Å². The molecule has 0 spiro atoms. The van der Waals surface area contributed by atoms with Crippen LogP contribution in [0.3, 0.4) is 0 Å². The summed E-state index contributed by atoms with van der Waals surface area (Å²) < 4.78 is 5.81. The summed E-state index contributed by atoms with van der Waals surface area (Å²) in [5.74, 6) is 0. The maximum atomic E-state index is 6.47. The van der Waals surface area contributed by atoms with Crippen LogP contribution in [-0.4, -0.2) is 9.97 Å². The zero-order valence-corrected chi connectivity index (χ0v) is 19.5. The highest BCUT2D eigenvalue weighted by molar-refractivity contribution is 6.36. The molecule has 156 valence electrons. The van der Waals surface area contributed by atoms with Crippen molar-refractivity contribution < 1.29 is 4.74 Å². The predicted molar refractivity (Wildman–Crippen MR) is 129 cm³/mol. The predicted octanol–water partition coefficient (Wildman–Crippen LogP) is 8.66. The first-order chi connectivity index (χ1) is 14.9. The van der Waals surface area contributed by atoms with Crippen LogP contribution >= 0.6 is 58.0 Å². The van der Waals surface area contributed by atoms with Crippen molar-refractivity contribution in [2.45, 2.75) is 6.61 Å². The lowest BCUT2D eigenvalue weighted by atomic mass is 10.0. The molecule has 0 amide bonds. The van der Waals surface area contributed by atoms with Crippen LogP contribution in [0.4, 0.5) is 0 Å². The van der Waals surface area contributed by atoms with Gasteiger partial charge in [0.2, 0.25) is 0 Å². The van der Waals surface area contributed by atoms with E-state index in [1.54, 1.807) is 48.7 Å². The number of rotatable bonds is 5. The molecule has 4 rings (SSSR count). The van der Waals surface area contributed by atoms with E-state index in [9.17, 15) is 0 Å². The van der Waals surface area contributed by atoms with Gasteiger partial charge in [-0.1, -0.05) is 76.2 Å². The van der Waals surface area contributed by atoms with E-state index in [0.717, 1.165) is 16.7 Å². The largest absolute Gasteiger partial charge is 0.459 e. The fourth-order valence-corrected chi connectivity index (χ4v) is 4.03. The van der Waals surface area contributed by atoms with Crippen LogP contribution in [0, 0.1) is 0 Å². The van der Waals surface area contributed by atoms with Crippen LogP contribution in [-0.2, 0) is 6.61 Å². The second-order valence-corrected chi connectivity index (χ2v) is 8.69. The fourth-order valence-electron chi connectivity index (χ4n) is 2.94. The van der Waals surface area contributed by atoms with Gasteiger partial charge in [-0.05, 0) is 48.0 Å².